The number of aromatic nitrogens is 2. The summed E-state index contributed by atoms with van der Waals surface area (Å²) in [6, 6.07) is 14.0. The summed E-state index contributed by atoms with van der Waals surface area (Å²) in [5.74, 6) is -0.926. The lowest BCUT2D eigenvalue weighted by molar-refractivity contribution is 0.104. The number of aromatic amines is 1. The molecule has 3 aromatic rings. The SMILES string of the molecule is N#C/C(=C\c1cn[nH]c1-c1ccc(Cl)cc1)C(=O)c1ccc(F)cc1. The summed E-state index contributed by atoms with van der Waals surface area (Å²) in [4.78, 5) is 12.4. The quantitative estimate of drug-likeness (QED) is 0.422. The number of halogens is 2. The molecule has 0 aliphatic heterocycles. The van der Waals surface area contributed by atoms with Crippen molar-refractivity contribution in [1.29, 1.82) is 5.26 Å². The van der Waals surface area contributed by atoms with E-state index in [0.29, 0.717) is 16.3 Å². The minimum atomic E-state index is -0.481. The van der Waals surface area contributed by atoms with Crippen molar-refractivity contribution >= 4 is 23.5 Å². The summed E-state index contributed by atoms with van der Waals surface area (Å²) in [5, 5.41) is 16.8. The highest BCUT2D eigenvalue weighted by Crippen LogP contribution is 2.25. The van der Waals surface area contributed by atoms with Crippen LogP contribution in [0.15, 0.2) is 60.3 Å². The lowest BCUT2D eigenvalue weighted by Gasteiger charge is -2.02. The Labute approximate surface area is 148 Å². The number of carbonyl (C=O) groups is 1. The average molecular weight is 352 g/mol. The van der Waals surface area contributed by atoms with Crippen molar-refractivity contribution in [3.63, 3.8) is 0 Å². The highest BCUT2D eigenvalue weighted by Gasteiger charge is 2.14. The molecule has 0 saturated carbocycles. The van der Waals surface area contributed by atoms with Crippen LogP contribution < -0.4 is 0 Å². The van der Waals surface area contributed by atoms with E-state index in [1.165, 1.54) is 36.5 Å². The van der Waals surface area contributed by atoms with Gasteiger partial charge in [0.15, 0.2) is 0 Å². The lowest BCUT2D eigenvalue weighted by atomic mass is 10.0. The third-order valence-corrected chi connectivity index (χ3v) is 3.82. The van der Waals surface area contributed by atoms with Gasteiger partial charge < -0.3 is 0 Å². The lowest BCUT2D eigenvalue weighted by Crippen LogP contribution is -2.02. The molecule has 0 aliphatic carbocycles. The summed E-state index contributed by atoms with van der Waals surface area (Å²) in [7, 11) is 0. The van der Waals surface area contributed by atoms with Crippen molar-refractivity contribution in [3.8, 4) is 17.3 Å². The molecule has 1 N–H and O–H groups in total. The van der Waals surface area contributed by atoms with Gasteiger partial charge >= 0.3 is 0 Å². The van der Waals surface area contributed by atoms with Gasteiger partial charge in [0.2, 0.25) is 5.78 Å². The number of carbonyl (C=O) groups excluding carboxylic acids is 1. The normalized spacial score (nSPS) is 11.2. The molecule has 0 aliphatic rings. The molecule has 0 amide bonds. The summed E-state index contributed by atoms with van der Waals surface area (Å²) < 4.78 is 13.0. The van der Waals surface area contributed by atoms with Crippen molar-refractivity contribution in [1.82, 2.24) is 10.2 Å². The van der Waals surface area contributed by atoms with Gasteiger partial charge in [0.05, 0.1) is 11.9 Å². The number of nitriles is 1. The van der Waals surface area contributed by atoms with Crippen molar-refractivity contribution in [2.24, 2.45) is 0 Å². The molecule has 4 nitrogen and oxygen atoms in total. The van der Waals surface area contributed by atoms with Gasteiger partial charge in [0.25, 0.3) is 0 Å². The molecule has 0 unspecified atom stereocenters. The van der Waals surface area contributed by atoms with Crippen LogP contribution in [0, 0.1) is 17.1 Å². The molecule has 0 spiro atoms. The zero-order chi connectivity index (χ0) is 17.8. The Morgan fingerprint density at radius 2 is 1.84 bits per heavy atom. The largest absolute Gasteiger partial charge is 0.288 e. The first-order valence-corrected chi connectivity index (χ1v) is 7.67. The number of hydrogen-bond acceptors (Lipinski definition) is 3. The molecular formula is C19H11ClFN3O. The van der Waals surface area contributed by atoms with Gasteiger partial charge in [-0.05, 0) is 42.5 Å². The average Bonchev–Trinajstić information content (AvgIpc) is 3.08. The third kappa shape index (κ3) is 3.65. The second-order valence-corrected chi connectivity index (χ2v) is 5.65. The van der Waals surface area contributed by atoms with Crippen LogP contribution >= 0.6 is 11.6 Å². The first-order chi connectivity index (χ1) is 12.1. The zero-order valence-corrected chi connectivity index (χ0v) is 13.6. The number of nitrogens with zero attached hydrogens (tertiary/aromatic N) is 2. The third-order valence-electron chi connectivity index (χ3n) is 3.57. The maximum absolute atomic E-state index is 13.0. The minimum Gasteiger partial charge on any atom is -0.288 e. The first kappa shape index (κ1) is 16.6. The molecule has 2 aromatic carbocycles. The van der Waals surface area contributed by atoms with Crippen LogP contribution in [0.2, 0.25) is 5.02 Å². The van der Waals surface area contributed by atoms with Gasteiger partial charge in [-0.2, -0.15) is 10.4 Å². The number of hydrogen-bond donors (Lipinski definition) is 1. The van der Waals surface area contributed by atoms with Crippen LogP contribution in [0.5, 0.6) is 0 Å². The molecule has 3 rings (SSSR count). The van der Waals surface area contributed by atoms with Crippen LogP contribution in [0.25, 0.3) is 17.3 Å². The number of H-pyrrole nitrogens is 1. The van der Waals surface area contributed by atoms with Gasteiger partial charge in [0.1, 0.15) is 17.5 Å². The monoisotopic (exact) mass is 351 g/mol. The second-order valence-electron chi connectivity index (χ2n) is 5.21. The van der Waals surface area contributed by atoms with Crippen LogP contribution in [-0.2, 0) is 0 Å². The highest BCUT2D eigenvalue weighted by molar-refractivity contribution is 6.30. The second kappa shape index (κ2) is 7.12. The molecule has 0 bridgehead atoms. The van der Waals surface area contributed by atoms with E-state index in [1.54, 1.807) is 24.3 Å². The Balaban J connectivity index is 1.97. The topological polar surface area (TPSA) is 69.5 Å². The standard InChI is InChI=1S/C19H11ClFN3O/c20-16-5-1-12(2-6-16)18-15(11-23-24-18)9-14(10-22)19(25)13-3-7-17(21)8-4-13/h1-9,11H,(H,23,24)/b14-9+. The van der Waals surface area contributed by atoms with Crippen molar-refractivity contribution in [2.75, 3.05) is 0 Å². The number of rotatable bonds is 4. The molecule has 6 heteroatoms. The predicted octanol–water partition coefficient (Wildman–Crippen LogP) is 4.66. The molecule has 1 aromatic heterocycles. The maximum atomic E-state index is 13.0. The van der Waals surface area contributed by atoms with E-state index in [1.807, 2.05) is 6.07 Å². The summed E-state index contributed by atoms with van der Waals surface area (Å²) in [6.07, 6.45) is 2.98. The number of allylic oxidation sites excluding steroid dienone is 1. The fraction of sp³-hybridized carbons (Fsp3) is 0. The maximum Gasteiger partial charge on any atom is 0.203 e. The Kier molecular flexibility index (Phi) is 4.73. The Bertz CT molecular complexity index is 983. The van der Waals surface area contributed by atoms with Crippen LogP contribution in [0.1, 0.15) is 15.9 Å². The Morgan fingerprint density at radius 1 is 1.16 bits per heavy atom. The number of benzene rings is 2. The number of nitrogens with one attached hydrogen (secondary N) is 1. The molecule has 0 atom stereocenters. The van der Waals surface area contributed by atoms with Gasteiger partial charge in [-0.25, -0.2) is 4.39 Å². The van der Waals surface area contributed by atoms with E-state index < -0.39 is 11.6 Å². The van der Waals surface area contributed by atoms with E-state index in [0.717, 1.165) is 5.56 Å². The van der Waals surface area contributed by atoms with Crippen molar-refractivity contribution < 1.29 is 9.18 Å². The fourth-order valence-corrected chi connectivity index (χ4v) is 2.44. The number of Topliss-reactive ketones (excluding diaryl/α,β-unsaturated/α-hetero) is 1. The number of ketones is 1. The molecule has 1 heterocycles. The smallest absolute Gasteiger partial charge is 0.203 e. The first-order valence-electron chi connectivity index (χ1n) is 7.30. The van der Waals surface area contributed by atoms with Gasteiger partial charge in [0, 0.05) is 21.7 Å². The highest BCUT2D eigenvalue weighted by atomic mass is 35.5. The van der Waals surface area contributed by atoms with E-state index in [2.05, 4.69) is 10.2 Å². The molecule has 122 valence electrons. The predicted molar refractivity (Wildman–Crippen MR) is 93.4 cm³/mol. The fourth-order valence-electron chi connectivity index (χ4n) is 2.31. The summed E-state index contributed by atoms with van der Waals surface area (Å²) in [5.41, 5.74) is 2.25. The van der Waals surface area contributed by atoms with Crippen molar-refractivity contribution in [2.45, 2.75) is 0 Å². The van der Waals surface area contributed by atoms with E-state index in [-0.39, 0.29) is 11.1 Å². The zero-order valence-electron chi connectivity index (χ0n) is 12.8. The molecule has 0 saturated heterocycles. The molecule has 0 fully saturated rings. The van der Waals surface area contributed by atoms with E-state index in [9.17, 15) is 14.4 Å². The molecule has 25 heavy (non-hydrogen) atoms. The molecule has 0 radical (unpaired) electrons. The summed E-state index contributed by atoms with van der Waals surface area (Å²) >= 11 is 5.89. The van der Waals surface area contributed by atoms with Gasteiger partial charge in [-0.15, -0.1) is 0 Å². The van der Waals surface area contributed by atoms with Crippen LogP contribution in [0.4, 0.5) is 4.39 Å². The Hall–Kier alpha value is -3.23. The minimum absolute atomic E-state index is 0.0665. The van der Waals surface area contributed by atoms with Crippen molar-refractivity contribution in [3.05, 3.63) is 82.3 Å². The summed E-state index contributed by atoms with van der Waals surface area (Å²) in [6.45, 7) is 0. The molecular weight excluding hydrogens is 341 g/mol. The van der Waals surface area contributed by atoms with Crippen LogP contribution in [0.3, 0.4) is 0 Å². The van der Waals surface area contributed by atoms with E-state index in [4.69, 9.17) is 11.6 Å². The Morgan fingerprint density at radius 3 is 2.48 bits per heavy atom. The van der Waals surface area contributed by atoms with Gasteiger partial charge in [-0.1, -0.05) is 23.7 Å². The van der Waals surface area contributed by atoms with E-state index >= 15 is 0 Å². The van der Waals surface area contributed by atoms with Crippen LogP contribution in [-0.4, -0.2) is 16.0 Å². The van der Waals surface area contributed by atoms with Gasteiger partial charge in [-0.3, -0.25) is 9.89 Å².